The quantitative estimate of drug-likeness (QED) is 0.858. The number of aromatic hydroxyl groups is 1. The molecule has 2 atom stereocenters. The molecule has 0 aromatic heterocycles. The second kappa shape index (κ2) is 8.09. The number of phenolic OH excluding ortho intramolecular Hbond substituents is 1. The molecule has 2 unspecified atom stereocenters. The minimum atomic E-state index is -0.479. The van der Waals surface area contributed by atoms with E-state index in [1.165, 1.54) is 0 Å². The molecule has 2 rings (SSSR count). The molecule has 0 saturated carbocycles. The normalized spacial score (nSPS) is 19.6. The predicted molar refractivity (Wildman–Crippen MR) is 99.8 cm³/mol. The zero-order valence-corrected chi connectivity index (χ0v) is 16.1. The largest absolute Gasteiger partial charge is 0.508 e. The summed E-state index contributed by atoms with van der Waals surface area (Å²) in [6.07, 6.45) is 2.88. The monoisotopic (exact) mass is 348 g/mol. The first-order chi connectivity index (χ1) is 11.7. The first-order valence-corrected chi connectivity index (χ1v) is 9.20. The van der Waals surface area contributed by atoms with Gasteiger partial charge in [-0.15, -0.1) is 0 Å². The van der Waals surface area contributed by atoms with Crippen molar-refractivity contribution in [3.8, 4) is 5.75 Å². The fourth-order valence-electron chi connectivity index (χ4n) is 3.22. The Morgan fingerprint density at radius 2 is 2.12 bits per heavy atom. The van der Waals surface area contributed by atoms with Crippen LogP contribution in [0.2, 0.25) is 0 Å². The lowest BCUT2D eigenvalue weighted by Crippen LogP contribution is -2.50. The number of hydrogen-bond acceptors (Lipinski definition) is 4. The molecule has 1 fully saturated rings. The van der Waals surface area contributed by atoms with E-state index in [1.54, 1.807) is 6.07 Å². The van der Waals surface area contributed by atoms with E-state index in [0.717, 1.165) is 36.9 Å². The number of benzene rings is 1. The minimum Gasteiger partial charge on any atom is -0.508 e. The molecular formula is C20H32N2O3. The van der Waals surface area contributed by atoms with Crippen molar-refractivity contribution in [3.05, 3.63) is 29.3 Å². The lowest BCUT2D eigenvalue weighted by Gasteiger charge is -2.37. The number of amides is 1. The molecule has 0 aliphatic carbocycles. The standard InChI is InChI=1S/C20H32N2O3/c1-14-9-10-17(18(23)12-14)15(2)21-13-16-8-6-7-11-22(16)19(24)25-20(3,4)5/h9-10,12,15-16,21,23H,6-8,11,13H2,1-5H3. The average molecular weight is 348 g/mol. The highest BCUT2D eigenvalue weighted by Gasteiger charge is 2.30. The summed E-state index contributed by atoms with van der Waals surface area (Å²) in [6.45, 7) is 11.1. The highest BCUT2D eigenvalue weighted by Crippen LogP contribution is 2.26. The summed E-state index contributed by atoms with van der Waals surface area (Å²) in [4.78, 5) is 14.3. The van der Waals surface area contributed by atoms with Gasteiger partial charge in [-0.05, 0) is 65.5 Å². The summed E-state index contributed by atoms with van der Waals surface area (Å²) in [6, 6.07) is 5.87. The van der Waals surface area contributed by atoms with E-state index >= 15 is 0 Å². The number of phenols is 1. The maximum Gasteiger partial charge on any atom is 0.410 e. The van der Waals surface area contributed by atoms with Crippen LogP contribution in [0.15, 0.2) is 18.2 Å². The van der Waals surface area contributed by atoms with Crippen LogP contribution in [-0.4, -0.2) is 40.8 Å². The molecule has 1 aromatic carbocycles. The molecule has 1 aliphatic rings. The number of nitrogens with one attached hydrogen (secondary N) is 1. The molecule has 0 bridgehead atoms. The Hall–Kier alpha value is -1.75. The van der Waals surface area contributed by atoms with Gasteiger partial charge in [-0.3, -0.25) is 0 Å². The Labute approximate surface area is 151 Å². The maximum atomic E-state index is 12.5. The zero-order valence-electron chi connectivity index (χ0n) is 16.1. The van der Waals surface area contributed by atoms with Gasteiger partial charge in [-0.2, -0.15) is 0 Å². The predicted octanol–water partition coefficient (Wildman–Crippen LogP) is 4.14. The average Bonchev–Trinajstić information content (AvgIpc) is 2.51. The molecule has 5 nitrogen and oxygen atoms in total. The number of likely N-dealkylation sites (tertiary alicyclic amines) is 1. The number of hydrogen-bond donors (Lipinski definition) is 2. The van der Waals surface area contributed by atoms with Crippen LogP contribution in [0.25, 0.3) is 0 Å². The molecule has 2 N–H and O–H groups in total. The molecule has 1 amide bonds. The molecule has 1 saturated heterocycles. The summed E-state index contributed by atoms with van der Waals surface area (Å²) in [5, 5.41) is 13.6. The summed E-state index contributed by atoms with van der Waals surface area (Å²) in [5.41, 5.74) is 1.44. The highest BCUT2D eigenvalue weighted by atomic mass is 16.6. The van der Waals surface area contributed by atoms with Crippen LogP contribution in [0.5, 0.6) is 5.75 Å². The first kappa shape index (κ1) is 19.6. The Morgan fingerprint density at radius 3 is 2.76 bits per heavy atom. The number of aryl methyl sites for hydroxylation is 1. The molecule has 140 valence electrons. The summed E-state index contributed by atoms with van der Waals surface area (Å²) in [7, 11) is 0. The third-order valence-corrected chi connectivity index (χ3v) is 4.57. The fourth-order valence-corrected chi connectivity index (χ4v) is 3.22. The number of rotatable bonds is 4. The van der Waals surface area contributed by atoms with Crippen molar-refractivity contribution >= 4 is 6.09 Å². The van der Waals surface area contributed by atoms with Gasteiger partial charge in [0.2, 0.25) is 0 Å². The number of carbonyl (C=O) groups excluding carboxylic acids is 1. The Kier molecular flexibility index (Phi) is 6.33. The van der Waals surface area contributed by atoms with Crippen molar-refractivity contribution in [1.29, 1.82) is 0 Å². The van der Waals surface area contributed by atoms with Gasteiger partial charge in [0, 0.05) is 30.7 Å². The Bertz CT molecular complexity index is 595. The third kappa shape index (κ3) is 5.63. The SMILES string of the molecule is Cc1ccc(C(C)NCC2CCCCN2C(=O)OC(C)(C)C)c(O)c1. The van der Waals surface area contributed by atoms with E-state index < -0.39 is 5.60 Å². The first-order valence-electron chi connectivity index (χ1n) is 9.20. The van der Waals surface area contributed by atoms with Crippen LogP contribution >= 0.6 is 0 Å². The van der Waals surface area contributed by atoms with Crippen molar-refractivity contribution < 1.29 is 14.6 Å². The van der Waals surface area contributed by atoms with Gasteiger partial charge in [-0.25, -0.2) is 4.79 Å². The minimum absolute atomic E-state index is 0.0167. The molecule has 5 heteroatoms. The topological polar surface area (TPSA) is 61.8 Å². The molecular weight excluding hydrogens is 316 g/mol. The Balaban J connectivity index is 1.98. The van der Waals surface area contributed by atoms with Crippen molar-refractivity contribution in [2.24, 2.45) is 0 Å². The Morgan fingerprint density at radius 1 is 1.40 bits per heavy atom. The van der Waals surface area contributed by atoms with Crippen LogP contribution in [0, 0.1) is 6.92 Å². The zero-order chi connectivity index (χ0) is 18.6. The van der Waals surface area contributed by atoms with Crippen LogP contribution in [0.1, 0.15) is 64.1 Å². The summed E-state index contributed by atoms with van der Waals surface area (Å²) < 4.78 is 5.55. The number of carbonyl (C=O) groups is 1. The summed E-state index contributed by atoms with van der Waals surface area (Å²) >= 11 is 0. The van der Waals surface area contributed by atoms with Gasteiger partial charge in [0.15, 0.2) is 0 Å². The van der Waals surface area contributed by atoms with E-state index in [0.29, 0.717) is 12.3 Å². The second-order valence-electron chi connectivity index (χ2n) is 8.02. The van der Waals surface area contributed by atoms with E-state index in [9.17, 15) is 9.90 Å². The fraction of sp³-hybridized carbons (Fsp3) is 0.650. The van der Waals surface area contributed by atoms with Gasteiger partial charge in [0.25, 0.3) is 0 Å². The number of ether oxygens (including phenoxy) is 1. The third-order valence-electron chi connectivity index (χ3n) is 4.57. The van der Waals surface area contributed by atoms with E-state index in [1.807, 2.05) is 51.7 Å². The van der Waals surface area contributed by atoms with Gasteiger partial charge in [-0.1, -0.05) is 12.1 Å². The van der Waals surface area contributed by atoms with Crippen LogP contribution in [-0.2, 0) is 4.74 Å². The van der Waals surface area contributed by atoms with Crippen molar-refractivity contribution in [1.82, 2.24) is 10.2 Å². The van der Waals surface area contributed by atoms with E-state index in [-0.39, 0.29) is 18.2 Å². The molecule has 1 aliphatic heterocycles. The van der Waals surface area contributed by atoms with E-state index in [4.69, 9.17) is 4.74 Å². The molecule has 0 spiro atoms. The molecule has 25 heavy (non-hydrogen) atoms. The van der Waals surface area contributed by atoms with Crippen molar-refractivity contribution in [3.63, 3.8) is 0 Å². The molecule has 1 aromatic rings. The van der Waals surface area contributed by atoms with Crippen molar-refractivity contribution in [2.75, 3.05) is 13.1 Å². The van der Waals surface area contributed by atoms with Crippen LogP contribution in [0.3, 0.4) is 0 Å². The highest BCUT2D eigenvalue weighted by molar-refractivity contribution is 5.68. The lowest BCUT2D eigenvalue weighted by molar-refractivity contribution is 0.00969. The van der Waals surface area contributed by atoms with Crippen molar-refractivity contribution in [2.45, 2.75) is 71.6 Å². The van der Waals surface area contributed by atoms with Crippen LogP contribution in [0.4, 0.5) is 4.79 Å². The number of nitrogens with zero attached hydrogens (tertiary/aromatic N) is 1. The van der Waals surface area contributed by atoms with Gasteiger partial charge < -0.3 is 20.1 Å². The van der Waals surface area contributed by atoms with Gasteiger partial charge >= 0.3 is 6.09 Å². The molecule has 0 radical (unpaired) electrons. The van der Waals surface area contributed by atoms with Crippen LogP contribution < -0.4 is 5.32 Å². The smallest absolute Gasteiger partial charge is 0.410 e. The van der Waals surface area contributed by atoms with E-state index in [2.05, 4.69) is 5.32 Å². The lowest BCUT2D eigenvalue weighted by atomic mass is 10.0. The summed E-state index contributed by atoms with van der Waals surface area (Å²) in [5.74, 6) is 0.313. The van der Waals surface area contributed by atoms with Gasteiger partial charge in [0.05, 0.1) is 0 Å². The number of piperidine rings is 1. The van der Waals surface area contributed by atoms with Gasteiger partial charge in [0.1, 0.15) is 11.4 Å². The maximum absolute atomic E-state index is 12.5. The second-order valence-corrected chi connectivity index (χ2v) is 8.02. The molecule has 1 heterocycles.